The van der Waals surface area contributed by atoms with Crippen LogP contribution in [0.3, 0.4) is 0 Å². The van der Waals surface area contributed by atoms with Gasteiger partial charge >= 0.3 is 59.1 Å². The van der Waals surface area contributed by atoms with Gasteiger partial charge in [-0.25, -0.2) is 16.8 Å². The van der Waals surface area contributed by atoms with Crippen LogP contribution in [0.5, 0.6) is 0 Å². The van der Waals surface area contributed by atoms with Crippen molar-refractivity contribution in [3.05, 3.63) is 165 Å². The van der Waals surface area contributed by atoms with E-state index in [9.17, 15) is 25.9 Å². The number of anilines is 12. The number of aromatic nitrogens is 6. The van der Waals surface area contributed by atoms with Gasteiger partial charge in [-0.3, -0.25) is 0 Å². The van der Waals surface area contributed by atoms with Crippen molar-refractivity contribution in [3.63, 3.8) is 0 Å². The van der Waals surface area contributed by atoms with Gasteiger partial charge in [0, 0.05) is 54.2 Å². The first-order chi connectivity index (χ1) is 32.5. The summed E-state index contributed by atoms with van der Waals surface area (Å²) in [6.45, 7) is 0. The Bertz CT molecular complexity index is 3050. The number of benzene rings is 6. The number of hydrogen-bond donors (Lipinski definition) is 6. The first kappa shape index (κ1) is 54.2. The van der Waals surface area contributed by atoms with Crippen LogP contribution in [0.4, 0.5) is 69.8 Å². The Kier molecular flexibility index (Phi) is 18.5. The van der Waals surface area contributed by atoms with Gasteiger partial charge in [0.15, 0.2) is 0 Å². The van der Waals surface area contributed by atoms with Gasteiger partial charge in [-0.2, -0.15) is 29.9 Å². The molecule has 70 heavy (non-hydrogen) atoms. The van der Waals surface area contributed by atoms with E-state index in [0.29, 0.717) is 42.8 Å². The van der Waals surface area contributed by atoms with Crippen molar-refractivity contribution in [2.45, 2.75) is 9.79 Å². The van der Waals surface area contributed by atoms with Crippen molar-refractivity contribution in [3.8, 4) is 0 Å². The second-order valence-electron chi connectivity index (χ2n) is 14.1. The summed E-state index contributed by atoms with van der Waals surface area (Å²) in [5.41, 5.74) is 2.30. The first-order valence-electron chi connectivity index (χ1n) is 19.5. The Labute approximate surface area is 465 Å². The number of halogens is 4. The molecule has 2 heterocycles. The van der Waals surface area contributed by atoms with Gasteiger partial charge in [-0.1, -0.05) is 70.7 Å². The van der Waals surface area contributed by atoms with E-state index in [1.54, 1.807) is 97.1 Å². The molecule has 344 valence electrons. The average molecular weight is 1070 g/mol. The molecule has 0 spiro atoms. The molecule has 0 unspecified atom stereocenters. The zero-order valence-corrected chi connectivity index (χ0v) is 45.0. The molecule has 18 nitrogen and oxygen atoms in total. The van der Waals surface area contributed by atoms with E-state index < -0.39 is 30.0 Å². The van der Waals surface area contributed by atoms with E-state index >= 15 is 0 Å². The third-order valence-corrected chi connectivity index (χ3v) is 12.0. The van der Waals surface area contributed by atoms with Crippen LogP contribution in [0.25, 0.3) is 12.2 Å². The van der Waals surface area contributed by atoms with Crippen molar-refractivity contribution in [2.75, 3.05) is 31.9 Å². The van der Waals surface area contributed by atoms with Gasteiger partial charge in [-0.05, 0) is 132 Å². The fourth-order valence-corrected chi connectivity index (χ4v) is 8.00. The van der Waals surface area contributed by atoms with Crippen LogP contribution < -0.4 is 91.0 Å². The first-order valence-corrected chi connectivity index (χ1v) is 23.8. The summed E-state index contributed by atoms with van der Waals surface area (Å²) >= 11 is 24.2. The summed E-state index contributed by atoms with van der Waals surface area (Å²) in [6.07, 6.45) is 2.37. The van der Waals surface area contributed by atoms with Gasteiger partial charge in [0.05, 0.1) is 9.79 Å². The van der Waals surface area contributed by atoms with E-state index in [0.717, 1.165) is 12.1 Å². The molecule has 0 radical (unpaired) electrons. The van der Waals surface area contributed by atoms with E-state index in [1.807, 2.05) is 0 Å². The fraction of sp³-hybridized carbons (Fsp3) is 0. The smallest absolute Gasteiger partial charge is 0.744 e. The molecule has 0 saturated carbocycles. The number of rotatable bonds is 16. The van der Waals surface area contributed by atoms with Crippen molar-refractivity contribution in [1.82, 2.24) is 29.9 Å². The van der Waals surface area contributed by atoms with Gasteiger partial charge in [0.25, 0.3) is 0 Å². The summed E-state index contributed by atoms with van der Waals surface area (Å²) in [6, 6.07) is 34.6. The third kappa shape index (κ3) is 15.2. The summed E-state index contributed by atoms with van der Waals surface area (Å²) in [4.78, 5) is 25.1. The van der Waals surface area contributed by atoms with Gasteiger partial charge in [0.2, 0.25) is 35.7 Å². The zero-order chi connectivity index (χ0) is 48.0. The van der Waals surface area contributed by atoms with E-state index in [4.69, 9.17) is 46.4 Å². The maximum atomic E-state index is 12.7. The predicted octanol–water partition coefficient (Wildman–Crippen LogP) is 5.12. The third-order valence-electron chi connectivity index (χ3n) is 9.19. The second kappa shape index (κ2) is 23.8. The van der Waals surface area contributed by atoms with Crippen LogP contribution >= 0.6 is 46.4 Å². The molecule has 0 aliphatic rings. The SMILES string of the molecule is O=S(=O)([O-])c1cc(Nc2nc(Nc3ccc(Cl)cc3)nc(Nc3ccc(Cl)cc3)n2)ccc1C=Cc1ccc(Nc2nc(Nc3ccc(Cl)cc3)nc(Nc3ccc(Cl)cc3)n2)cc1S(=O)(=O)[O-].[Na+].[Na+]. The second-order valence-corrected chi connectivity index (χ2v) is 18.6. The predicted molar refractivity (Wildman–Crippen MR) is 263 cm³/mol. The summed E-state index contributed by atoms with van der Waals surface area (Å²) in [7, 11) is -10.3. The molecular weight excluding hydrogens is 1040 g/mol. The standard InChI is InChI=1S/C44H32Cl4N12O6S2.2Na/c45-27-5-15-31(16-6-27)49-39-55-40(50-32-17-7-28(46)8-18-32)58-43(57-39)53-35-13-3-25(37(23-35)67(61,62)63)1-2-26-4-14-36(24-38(26)68(64,65)66)54-44-59-41(51-33-19-9-29(47)10-20-33)56-42(60-44)52-34-21-11-30(48)12-22-34;;/h1-24H,(H,61,62,63)(H,64,65,66)(H3,49,50,53,55,57,58)(H3,51,52,54,56,59,60);;/q;2*+1/p-2. The minimum Gasteiger partial charge on any atom is -0.744 e. The Hall–Kier alpha value is -5.14. The zero-order valence-electron chi connectivity index (χ0n) is 36.3. The number of hydrogen-bond acceptors (Lipinski definition) is 18. The van der Waals surface area contributed by atoms with Crippen molar-refractivity contribution < 1.29 is 85.1 Å². The maximum Gasteiger partial charge on any atom is 1.00 e. The Morgan fingerprint density at radius 1 is 0.343 bits per heavy atom. The molecule has 6 N–H and O–H groups in total. The molecule has 6 aromatic carbocycles. The molecule has 8 rings (SSSR count). The summed E-state index contributed by atoms with van der Waals surface area (Å²) < 4.78 is 76.0. The van der Waals surface area contributed by atoms with Crippen LogP contribution in [0.15, 0.2) is 143 Å². The Morgan fingerprint density at radius 3 is 0.757 bits per heavy atom. The molecule has 0 atom stereocenters. The molecule has 0 aliphatic heterocycles. The number of nitrogens with zero attached hydrogens (tertiary/aromatic N) is 6. The molecule has 26 heteroatoms. The molecule has 0 amide bonds. The van der Waals surface area contributed by atoms with Crippen LogP contribution in [0.1, 0.15) is 11.1 Å². The van der Waals surface area contributed by atoms with Crippen molar-refractivity contribution in [2.24, 2.45) is 0 Å². The topological polar surface area (TPSA) is 264 Å². The Balaban J connectivity index is 0.00000402. The summed E-state index contributed by atoms with van der Waals surface area (Å²) in [5.74, 6) is 0.242. The minimum atomic E-state index is -5.16. The average Bonchev–Trinajstić information content (AvgIpc) is 3.28. The van der Waals surface area contributed by atoms with Crippen LogP contribution in [-0.4, -0.2) is 55.8 Å². The van der Waals surface area contributed by atoms with E-state index in [1.165, 1.54) is 36.4 Å². The quantitative estimate of drug-likeness (QED) is 0.0417. The summed E-state index contributed by atoms with van der Waals surface area (Å²) in [5, 5.41) is 20.1. The molecular formula is C44H30Cl4N12Na2O6S2. The molecule has 0 saturated heterocycles. The van der Waals surface area contributed by atoms with Crippen LogP contribution in [-0.2, 0) is 20.2 Å². The molecule has 0 bridgehead atoms. The monoisotopic (exact) mass is 1070 g/mol. The molecule has 0 aliphatic carbocycles. The van der Waals surface area contributed by atoms with E-state index in [-0.39, 0.29) is 117 Å². The van der Waals surface area contributed by atoms with Gasteiger partial charge in [0.1, 0.15) is 20.2 Å². The molecule has 8 aromatic rings. The van der Waals surface area contributed by atoms with Crippen LogP contribution in [0, 0.1) is 0 Å². The van der Waals surface area contributed by atoms with E-state index in [2.05, 4.69) is 61.8 Å². The van der Waals surface area contributed by atoms with Crippen LogP contribution in [0.2, 0.25) is 20.1 Å². The molecule has 2 aromatic heterocycles. The maximum absolute atomic E-state index is 12.7. The largest absolute Gasteiger partial charge is 1.00 e. The number of nitrogens with one attached hydrogen (secondary N) is 6. The fourth-order valence-electron chi connectivity index (χ4n) is 6.11. The van der Waals surface area contributed by atoms with Gasteiger partial charge < -0.3 is 41.0 Å². The molecule has 0 fully saturated rings. The Morgan fingerprint density at radius 2 is 0.543 bits per heavy atom. The normalized spacial score (nSPS) is 11.2. The van der Waals surface area contributed by atoms with Crippen molar-refractivity contribution >= 4 is 149 Å². The minimum absolute atomic E-state index is 0. The van der Waals surface area contributed by atoms with Gasteiger partial charge in [-0.15, -0.1) is 0 Å². The van der Waals surface area contributed by atoms with Crippen molar-refractivity contribution in [1.29, 1.82) is 0 Å².